The number of aromatic nitrogens is 2. The van der Waals surface area contributed by atoms with E-state index in [4.69, 9.17) is 15.0 Å². The van der Waals surface area contributed by atoms with E-state index in [1.165, 1.54) is 0 Å². The Kier molecular flexibility index (Phi) is 4.68. The monoisotopic (exact) mass is 325 g/mol. The maximum Gasteiger partial charge on any atom is 0.259 e. The van der Waals surface area contributed by atoms with Crippen molar-refractivity contribution in [2.75, 3.05) is 13.2 Å². The first kappa shape index (κ1) is 14.2. The Morgan fingerprint density at radius 3 is 2.95 bits per heavy atom. The van der Waals surface area contributed by atoms with Gasteiger partial charge in [0, 0.05) is 11.1 Å². The molecule has 0 aliphatic heterocycles. The summed E-state index contributed by atoms with van der Waals surface area (Å²) in [4.78, 5) is 4.31. The Hall–Kier alpha value is -1.24. The van der Waals surface area contributed by atoms with Crippen molar-refractivity contribution in [2.45, 2.75) is 19.9 Å². The van der Waals surface area contributed by atoms with Crippen molar-refractivity contribution < 1.29 is 9.26 Å². The van der Waals surface area contributed by atoms with E-state index in [-0.39, 0.29) is 6.04 Å². The number of benzene rings is 1. The maximum atomic E-state index is 5.91. The summed E-state index contributed by atoms with van der Waals surface area (Å²) in [6.45, 7) is 4.93. The van der Waals surface area contributed by atoms with Crippen molar-refractivity contribution >= 4 is 15.9 Å². The molecule has 0 aliphatic carbocycles. The third-order valence-corrected chi connectivity index (χ3v) is 3.29. The second-order valence-corrected chi connectivity index (χ2v) is 5.06. The fourth-order valence-corrected chi connectivity index (χ4v) is 2.27. The molecule has 0 fully saturated rings. The fourth-order valence-electron chi connectivity index (χ4n) is 1.61. The molecule has 0 saturated carbocycles. The maximum absolute atomic E-state index is 5.91. The average Bonchev–Trinajstić information content (AvgIpc) is 2.85. The predicted octanol–water partition coefficient (Wildman–Crippen LogP) is 2.84. The molecular weight excluding hydrogens is 310 g/mol. The summed E-state index contributed by atoms with van der Waals surface area (Å²) < 4.78 is 11.4. The first-order valence-electron chi connectivity index (χ1n) is 6.05. The van der Waals surface area contributed by atoms with Crippen LogP contribution in [0.15, 0.2) is 27.2 Å². The Morgan fingerprint density at radius 2 is 2.26 bits per heavy atom. The zero-order valence-corrected chi connectivity index (χ0v) is 12.5. The summed E-state index contributed by atoms with van der Waals surface area (Å²) in [6.07, 6.45) is 0. The van der Waals surface area contributed by atoms with Crippen molar-refractivity contribution in [1.29, 1.82) is 0 Å². The lowest BCUT2D eigenvalue weighted by atomic mass is 10.1. The van der Waals surface area contributed by atoms with Gasteiger partial charge in [-0.15, -0.1) is 0 Å². The molecule has 0 radical (unpaired) electrons. The molecule has 102 valence electrons. The first-order valence-corrected chi connectivity index (χ1v) is 6.84. The van der Waals surface area contributed by atoms with Crippen LogP contribution in [0, 0.1) is 6.92 Å². The van der Waals surface area contributed by atoms with Crippen LogP contribution in [0.25, 0.3) is 11.5 Å². The van der Waals surface area contributed by atoms with Crippen LogP contribution in [0.1, 0.15) is 24.4 Å². The zero-order valence-electron chi connectivity index (χ0n) is 10.9. The number of halogens is 1. The molecule has 0 saturated heterocycles. The lowest BCUT2D eigenvalue weighted by molar-refractivity contribution is 0.130. The van der Waals surface area contributed by atoms with Crippen LogP contribution >= 0.6 is 15.9 Å². The van der Waals surface area contributed by atoms with Gasteiger partial charge < -0.3 is 15.0 Å². The van der Waals surface area contributed by atoms with Crippen LogP contribution < -0.4 is 5.73 Å². The lowest BCUT2D eigenvalue weighted by Crippen LogP contribution is -2.18. The van der Waals surface area contributed by atoms with Gasteiger partial charge in [0.1, 0.15) is 0 Å². The van der Waals surface area contributed by atoms with Gasteiger partial charge in [-0.2, -0.15) is 4.98 Å². The molecule has 1 heterocycles. The predicted molar refractivity (Wildman–Crippen MR) is 75.6 cm³/mol. The number of nitrogens with two attached hydrogens (primary N) is 1. The quantitative estimate of drug-likeness (QED) is 0.914. The molecule has 0 aliphatic rings. The minimum atomic E-state index is -0.373. The summed E-state index contributed by atoms with van der Waals surface area (Å²) in [5, 5.41) is 3.90. The summed E-state index contributed by atoms with van der Waals surface area (Å²) in [5.74, 6) is 0.907. The Bertz CT molecular complexity index is 557. The highest BCUT2D eigenvalue weighted by Gasteiger charge is 2.16. The summed E-state index contributed by atoms with van der Waals surface area (Å²) in [5.41, 5.74) is 7.92. The molecule has 6 heteroatoms. The molecule has 1 aromatic carbocycles. The molecule has 5 nitrogen and oxygen atoms in total. The topological polar surface area (TPSA) is 74.2 Å². The average molecular weight is 326 g/mol. The second kappa shape index (κ2) is 6.27. The van der Waals surface area contributed by atoms with E-state index in [1.54, 1.807) is 0 Å². The lowest BCUT2D eigenvalue weighted by Gasteiger charge is -2.05. The third kappa shape index (κ3) is 3.40. The molecule has 1 aromatic heterocycles. The number of hydrogen-bond acceptors (Lipinski definition) is 5. The summed E-state index contributed by atoms with van der Waals surface area (Å²) in [6, 6.07) is 5.55. The fraction of sp³-hybridized carbons (Fsp3) is 0.385. The van der Waals surface area contributed by atoms with Crippen LogP contribution in [0.4, 0.5) is 0 Å². The van der Waals surface area contributed by atoms with E-state index in [2.05, 4.69) is 26.1 Å². The number of ether oxygens (including phenoxy) is 1. The van der Waals surface area contributed by atoms with E-state index >= 15 is 0 Å². The Labute approximate surface area is 120 Å². The molecule has 0 amide bonds. The van der Waals surface area contributed by atoms with E-state index < -0.39 is 0 Å². The smallest absolute Gasteiger partial charge is 0.259 e. The summed E-state index contributed by atoms with van der Waals surface area (Å²) >= 11 is 3.49. The van der Waals surface area contributed by atoms with Gasteiger partial charge in [-0.05, 0) is 47.5 Å². The molecule has 19 heavy (non-hydrogen) atoms. The number of aryl methyl sites for hydroxylation is 1. The van der Waals surface area contributed by atoms with Crippen molar-refractivity contribution in [3.05, 3.63) is 34.1 Å². The van der Waals surface area contributed by atoms with Gasteiger partial charge in [0.15, 0.2) is 5.82 Å². The van der Waals surface area contributed by atoms with Gasteiger partial charge in [0.25, 0.3) is 5.89 Å². The van der Waals surface area contributed by atoms with E-state index in [9.17, 15) is 0 Å². The zero-order chi connectivity index (χ0) is 13.8. The molecule has 2 aromatic rings. The highest BCUT2D eigenvalue weighted by atomic mass is 79.9. The first-order chi connectivity index (χ1) is 9.11. The molecule has 1 atom stereocenters. The van der Waals surface area contributed by atoms with Crippen molar-refractivity contribution in [3.8, 4) is 11.5 Å². The van der Waals surface area contributed by atoms with Gasteiger partial charge in [-0.1, -0.05) is 11.2 Å². The minimum absolute atomic E-state index is 0.373. The van der Waals surface area contributed by atoms with Gasteiger partial charge >= 0.3 is 0 Å². The normalized spacial score (nSPS) is 12.6. The minimum Gasteiger partial charge on any atom is -0.380 e. The molecule has 1 unspecified atom stereocenters. The molecule has 2 rings (SSSR count). The number of nitrogens with zero attached hydrogens (tertiary/aromatic N) is 2. The SMILES string of the molecule is CCOCC(N)c1noc(-c2ccc(C)cc2Br)n1. The number of rotatable bonds is 5. The van der Waals surface area contributed by atoms with E-state index in [0.29, 0.717) is 24.9 Å². The van der Waals surface area contributed by atoms with Crippen LogP contribution in [-0.2, 0) is 4.74 Å². The van der Waals surface area contributed by atoms with Crippen LogP contribution in [0.5, 0.6) is 0 Å². The van der Waals surface area contributed by atoms with E-state index in [1.807, 2.05) is 32.0 Å². The molecule has 2 N–H and O–H groups in total. The van der Waals surface area contributed by atoms with Crippen molar-refractivity contribution in [3.63, 3.8) is 0 Å². The highest BCUT2D eigenvalue weighted by molar-refractivity contribution is 9.10. The van der Waals surface area contributed by atoms with Crippen molar-refractivity contribution in [2.24, 2.45) is 5.73 Å². The van der Waals surface area contributed by atoms with Crippen LogP contribution in [0.3, 0.4) is 0 Å². The van der Waals surface area contributed by atoms with Gasteiger partial charge in [-0.25, -0.2) is 0 Å². The second-order valence-electron chi connectivity index (χ2n) is 4.21. The Balaban J connectivity index is 2.20. The number of hydrogen-bond donors (Lipinski definition) is 1. The third-order valence-electron chi connectivity index (χ3n) is 2.63. The highest BCUT2D eigenvalue weighted by Crippen LogP contribution is 2.28. The Morgan fingerprint density at radius 1 is 1.47 bits per heavy atom. The van der Waals surface area contributed by atoms with Crippen LogP contribution in [-0.4, -0.2) is 23.4 Å². The summed E-state index contributed by atoms with van der Waals surface area (Å²) in [7, 11) is 0. The van der Waals surface area contributed by atoms with Crippen LogP contribution in [0.2, 0.25) is 0 Å². The van der Waals surface area contributed by atoms with Gasteiger partial charge in [0.2, 0.25) is 0 Å². The van der Waals surface area contributed by atoms with Gasteiger partial charge in [0.05, 0.1) is 18.2 Å². The standard InChI is InChI=1S/C13H16BrN3O2/c1-3-18-7-11(15)12-16-13(19-17-12)9-5-4-8(2)6-10(9)14/h4-6,11H,3,7,15H2,1-2H3. The van der Waals surface area contributed by atoms with Crippen molar-refractivity contribution in [1.82, 2.24) is 10.1 Å². The largest absolute Gasteiger partial charge is 0.380 e. The van der Waals surface area contributed by atoms with Gasteiger partial charge in [-0.3, -0.25) is 0 Å². The molecular formula is C13H16BrN3O2. The molecule has 0 spiro atoms. The molecule has 0 bridgehead atoms. The van der Waals surface area contributed by atoms with E-state index in [0.717, 1.165) is 15.6 Å².